The first-order chi connectivity index (χ1) is 5.64. The Kier molecular flexibility index (Phi) is 2.10. The van der Waals surface area contributed by atoms with Gasteiger partial charge in [-0.05, 0) is 6.92 Å². The van der Waals surface area contributed by atoms with Gasteiger partial charge in [-0.25, -0.2) is 0 Å². The summed E-state index contributed by atoms with van der Waals surface area (Å²) in [5.41, 5.74) is -1.49. The fourth-order valence-corrected chi connectivity index (χ4v) is 1.15. The van der Waals surface area contributed by atoms with E-state index < -0.39 is 11.0 Å². The van der Waals surface area contributed by atoms with Crippen LogP contribution >= 0.6 is 0 Å². The average molecular weight is 165 g/mol. The molecule has 1 aliphatic rings. The highest BCUT2D eigenvalue weighted by atomic mass is 16.5. The number of ether oxygens (including phenoxy) is 2. The van der Waals surface area contributed by atoms with E-state index in [4.69, 9.17) is 21.2 Å². The minimum Gasteiger partial charge on any atom is -0.378 e. The molecule has 0 aromatic rings. The number of nitriles is 1. The van der Waals surface area contributed by atoms with E-state index in [1.54, 1.807) is 6.92 Å². The molecule has 1 rings (SSSR count). The second-order valence-electron chi connectivity index (χ2n) is 3.07. The quantitative estimate of drug-likeness (QED) is 0.561. The van der Waals surface area contributed by atoms with Gasteiger partial charge < -0.3 is 9.47 Å². The van der Waals surface area contributed by atoms with Crippen LogP contribution in [0.1, 0.15) is 6.92 Å². The molecule has 64 valence electrons. The molecule has 1 fully saturated rings. The summed E-state index contributed by atoms with van der Waals surface area (Å²) >= 11 is 0. The third-order valence-electron chi connectivity index (χ3n) is 2.51. The SMILES string of the molecule is C#C[C@](C)(OC)C1(C#N)COC1. The lowest BCUT2D eigenvalue weighted by molar-refractivity contribution is -0.170. The molecule has 0 saturated carbocycles. The van der Waals surface area contributed by atoms with E-state index in [1.807, 2.05) is 0 Å². The van der Waals surface area contributed by atoms with Crippen LogP contribution in [-0.4, -0.2) is 25.9 Å². The van der Waals surface area contributed by atoms with Crippen LogP contribution in [0, 0.1) is 29.1 Å². The van der Waals surface area contributed by atoms with Gasteiger partial charge in [-0.1, -0.05) is 5.92 Å². The summed E-state index contributed by atoms with van der Waals surface area (Å²) in [6.45, 7) is 2.45. The zero-order valence-electron chi connectivity index (χ0n) is 7.26. The highest BCUT2D eigenvalue weighted by Gasteiger charge is 2.54. The summed E-state index contributed by atoms with van der Waals surface area (Å²) < 4.78 is 10.1. The number of terminal acetylenes is 1. The molecule has 0 bridgehead atoms. The standard InChI is InChI=1S/C9H11NO2/c1-4-8(2,11-3)9(5-10)6-12-7-9/h1H,6-7H2,2-3H3/t8-/m0/s1. The molecule has 3 heteroatoms. The summed E-state index contributed by atoms with van der Waals surface area (Å²) in [5.74, 6) is 2.50. The topological polar surface area (TPSA) is 42.2 Å². The molecule has 12 heavy (non-hydrogen) atoms. The number of rotatable bonds is 2. The normalized spacial score (nSPS) is 24.3. The van der Waals surface area contributed by atoms with Crippen LogP contribution in [0.2, 0.25) is 0 Å². The van der Waals surface area contributed by atoms with Crippen LogP contribution in [0.3, 0.4) is 0 Å². The molecular formula is C9H11NO2. The molecule has 1 saturated heterocycles. The van der Waals surface area contributed by atoms with Crippen LogP contribution in [0.5, 0.6) is 0 Å². The molecular weight excluding hydrogens is 154 g/mol. The van der Waals surface area contributed by atoms with Crippen molar-refractivity contribution in [2.45, 2.75) is 12.5 Å². The molecule has 0 aromatic carbocycles. The third-order valence-corrected chi connectivity index (χ3v) is 2.51. The summed E-state index contributed by atoms with van der Waals surface area (Å²) in [7, 11) is 1.51. The highest BCUT2D eigenvalue weighted by Crippen LogP contribution is 2.39. The van der Waals surface area contributed by atoms with Crippen LogP contribution in [-0.2, 0) is 9.47 Å². The molecule has 0 aliphatic carbocycles. The van der Waals surface area contributed by atoms with Gasteiger partial charge in [-0.15, -0.1) is 6.42 Å². The van der Waals surface area contributed by atoms with Crippen molar-refractivity contribution in [2.24, 2.45) is 5.41 Å². The highest BCUT2D eigenvalue weighted by molar-refractivity contribution is 5.25. The Morgan fingerprint density at radius 2 is 2.25 bits per heavy atom. The molecule has 1 atom stereocenters. The Bertz CT molecular complexity index is 237. The van der Waals surface area contributed by atoms with Crippen LogP contribution < -0.4 is 0 Å². The van der Waals surface area contributed by atoms with E-state index in [2.05, 4.69) is 12.0 Å². The van der Waals surface area contributed by atoms with Crippen molar-refractivity contribution in [2.75, 3.05) is 20.3 Å². The van der Waals surface area contributed by atoms with Gasteiger partial charge in [0.25, 0.3) is 0 Å². The maximum Gasteiger partial charge on any atom is 0.148 e. The van der Waals surface area contributed by atoms with Crippen molar-refractivity contribution in [1.82, 2.24) is 0 Å². The molecule has 0 spiro atoms. The van der Waals surface area contributed by atoms with Gasteiger partial charge in [0.2, 0.25) is 0 Å². The Hall–Kier alpha value is -1.03. The van der Waals surface area contributed by atoms with Crippen molar-refractivity contribution in [3.8, 4) is 18.4 Å². The molecule has 0 N–H and O–H groups in total. The monoisotopic (exact) mass is 165 g/mol. The van der Waals surface area contributed by atoms with E-state index in [-0.39, 0.29) is 0 Å². The first-order valence-electron chi connectivity index (χ1n) is 3.66. The Morgan fingerprint density at radius 3 is 2.33 bits per heavy atom. The number of nitrogens with zero attached hydrogens (tertiary/aromatic N) is 1. The summed E-state index contributed by atoms with van der Waals surface area (Å²) in [6, 6.07) is 2.16. The van der Waals surface area contributed by atoms with Gasteiger partial charge in [0.15, 0.2) is 0 Å². The van der Waals surface area contributed by atoms with E-state index in [0.717, 1.165) is 0 Å². The van der Waals surface area contributed by atoms with Crippen molar-refractivity contribution in [1.29, 1.82) is 5.26 Å². The molecule has 0 unspecified atom stereocenters. The van der Waals surface area contributed by atoms with E-state index in [1.165, 1.54) is 7.11 Å². The maximum absolute atomic E-state index is 8.93. The molecule has 3 nitrogen and oxygen atoms in total. The minimum absolute atomic E-state index is 0.359. The van der Waals surface area contributed by atoms with E-state index >= 15 is 0 Å². The lowest BCUT2D eigenvalue weighted by Gasteiger charge is -2.44. The molecule has 1 heterocycles. The van der Waals surface area contributed by atoms with Crippen molar-refractivity contribution >= 4 is 0 Å². The fourth-order valence-electron chi connectivity index (χ4n) is 1.15. The predicted octanol–water partition coefficient (Wildman–Crippen LogP) is 0.565. The summed E-state index contributed by atoms with van der Waals surface area (Å²) in [4.78, 5) is 0. The molecule has 1 aliphatic heterocycles. The first-order valence-corrected chi connectivity index (χ1v) is 3.66. The minimum atomic E-state index is -0.833. The lowest BCUT2D eigenvalue weighted by Crippen LogP contribution is -2.57. The van der Waals surface area contributed by atoms with Crippen LogP contribution in [0.4, 0.5) is 0 Å². The average Bonchev–Trinajstić information content (AvgIpc) is 2.03. The summed E-state index contributed by atoms with van der Waals surface area (Å²) in [6.07, 6.45) is 5.31. The summed E-state index contributed by atoms with van der Waals surface area (Å²) in [5, 5.41) is 8.93. The van der Waals surface area contributed by atoms with Crippen LogP contribution in [0.15, 0.2) is 0 Å². The smallest absolute Gasteiger partial charge is 0.148 e. The van der Waals surface area contributed by atoms with Gasteiger partial charge in [0.05, 0.1) is 19.3 Å². The van der Waals surface area contributed by atoms with Gasteiger partial charge in [-0.2, -0.15) is 5.26 Å². The van der Waals surface area contributed by atoms with Crippen LogP contribution in [0.25, 0.3) is 0 Å². The molecule has 0 aromatic heterocycles. The van der Waals surface area contributed by atoms with Gasteiger partial charge in [0, 0.05) is 7.11 Å². The van der Waals surface area contributed by atoms with E-state index in [0.29, 0.717) is 13.2 Å². The van der Waals surface area contributed by atoms with Gasteiger partial charge in [-0.3, -0.25) is 0 Å². The largest absolute Gasteiger partial charge is 0.378 e. The first kappa shape index (κ1) is 9.06. The molecule has 0 amide bonds. The second kappa shape index (κ2) is 2.79. The number of hydrogen-bond acceptors (Lipinski definition) is 3. The maximum atomic E-state index is 8.93. The van der Waals surface area contributed by atoms with E-state index in [9.17, 15) is 0 Å². The number of methoxy groups -OCH3 is 1. The Morgan fingerprint density at radius 1 is 1.67 bits per heavy atom. The van der Waals surface area contributed by atoms with Gasteiger partial charge >= 0.3 is 0 Å². The fraction of sp³-hybridized carbons (Fsp3) is 0.667. The van der Waals surface area contributed by atoms with Gasteiger partial charge in [0.1, 0.15) is 11.0 Å². The van der Waals surface area contributed by atoms with Crippen molar-refractivity contribution in [3.63, 3.8) is 0 Å². The lowest BCUT2D eigenvalue weighted by atomic mass is 9.72. The third kappa shape index (κ3) is 0.914. The zero-order valence-corrected chi connectivity index (χ0v) is 7.26. The van der Waals surface area contributed by atoms with Crippen molar-refractivity contribution in [3.05, 3.63) is 0 Å². The number of hydrogen-bond donors (Lipinski definition) is 0. The Labute approximate surface area is 72.3 Å². The predicted molar refractivity (Wildman–Crippen MR) is 43.1 cm³/mol. The molecule has 0 radical (unpaired) electrons. The van der Waals surface area contributed by atoms with Crippen molar-refractivity contribution < 1.29 is 9.47 Å². The Balaban J connectivity index is 2.94. The second-order valence-corrected chi connectivity index (χ2v) is 3.07. The zero-order chi connectivity index (χ0) is 9.24.